The zero-order chi connectivity index (χ0) is 13.1. The topological polar surface area (TPSA) is 39.9 Å². The Labute approximate surface area is 109 Å². The molecular formula is C14H23N3O+. The molecule has 1 fully saturated rings. The fourth-order valence-corrected chi connectivity index (χ4v) is 2.68. The van der Waals surface area contributed by atoms with Gasteiger partial charge in [-0.25, -0.2) is 0 Å². The number of aromatic nitrogens is 1. The van der Waals surface area contributed by atoms with E-state index in [-0.39, 0.29) is 5.91 Å². The molecule has 0 bridgehead atoms. The van der Waals surface area contributed by atoms with Gasteiger partial charge in [0.25, 0.3) is 11.7 Å². The monoisotopic (exact) mass is 249 g/mol. The molecule has 1 aromatic heterocycles. The highest BCUT2D eigenvalue weighted by Crippen LogP contribution is 2.19. The van der Waals surface area contributed by atoms with E-state index in [9.17, 15) is 4.79 Å². The molecular weight excluding hydrogens is 226 g/mol. The summed E-state index contributed by atoms with van der Waals surface area (Å²) in [5, 5.41) is 3.15. The quantitative estimate of drug-likeness (QED) is 0.819. The van der Waals surface area contributed by atoms with Crippen molar-refractivity contribution in [1.29, 1.82) is 0 Å². The average molecular weight is 249 g/mol. The summed E-state index contributed by atoms with van der Waals surface area (Å²) in [6.45, 7) is 0. The van der Waals surface area contributed by atoms with Crippen molar-refractivity contribution in [3.63, 3.8) is 0 Å². The molecule has 0 aliphatic heterocycles. The van der Waals surface area contributed by atoms with Crippen LogP contribution in [0.2, 0.25) is 0 Å². The second-order valence-corrected chi connectivity index (χ2v) is 5.34. The number of hydrogen-bond acceptors (Lipinski definition) is 2. The van der Waals surface area contributed by atoms with E-state index in [0.717, 1.165) is 24.4 Å². The van der Waals surface area contributed by atoms with Crippen molar-refractivity contribution in [3.05, 3.63) is 17.8 Å². The third-order valence-electron chi connectivity index (χ3n) is 3.73. The third kappa shape index (κ3) is 2.75. The lowest BCUT2D eigenvalue weighted by Crippen LogP contribution is -2.37. The van der Waals surface area contributed by atoms with Gasteiger partial charge in [0.15, 0.2) is 0 Å². The molecule has 0 aromatic carbocycles. The first-order chi connectivity index (χ1) is 8.59. The lowest BCUT2D eigenvalue weighted by atomic mass is 9.95. The predicted molar refractivity (Wildman–Crippen MR) is 73.4 cm³/mol. The molecule has 18 heavy (non-hydrogen) atoms. The number of nitrogens with zero attached hydrogens (tertiary/aromatic N) is 2. The van der Waals surface area contributed by atoms with Crippen LogP contribution >= 0.6 is 0 Å². The van der Waals surface area contributed by atoms with E-state index in [2.05, 4.69) is 5.32 Å². The van der Waals surface area contributed by atoms with E-state index in [1.807, 2.05) is 42.7 Å². The van der Waals surface area contributed by atoms with Gasteiger partial charge in [-0.1, -0.05) is 19.3 Å². The highest BCUT2D eigenvalue weighted by Gasteiger charge is 2.21. The fraction of sp³-hybridized carbons (Fsp3) is 0.643. The Hall–Kier alpha value is -1.29. The van der Waals surface area contributed by atoms with E-state index in [1.165, 1.54) is 19.3 Å². The number of carbonyl (C=O) groups is 1. The van der Waals surface area contributed by atoms with Gasteiger partial charge in [0, 0.05) is 19.2 Å². The van der Waals surface area contributed by atoms with Gasteiger partial charge in [0.2, 0.25) is 0 Å². The van der Waals surface area contributed by atoms with Crippen molar-refractivity contribution in [2.45, 2.75) is 38.1 Å². The maximum absolute atomic E-state index is 12.2. The molecule has 4 heteroatoms. The van der Waals surface area contributed by atoms with Crippen molar-refractivity contribution in [2.75, 3.05) is 14.1 Å². The minimum atomic E-state index is 0.0532. The van der Waals surface area contributed by atoms with Crippen LogP contribution < -0.4 is 10.2 Å². The average Bonchev–Trinajstić information content (AvgIpc) is 2.72. The summed E-state index contributed by atoms with van der Waals surface area (Å²) in [4.78, 5) is 14.2. The van der Waals surface area contributed by atoms with Gasteiger partial charge in [-0.3, -0.25) is 9.36 Å². The van der Waals surface area contributed by atoms with Gasteiger partial charge in [0.05, 0.1) is 0 Å². The summed E-state index contributed by atoms with van der Waals surface area (Å²) in [6.07, 6.45) is 6.02. The molecule has 0 unspecified atom stereocenters. The number of rotatable bonds is 3. The van der Waals surface area contributed by atoms with Crippen LogP contribution in [0.5, 0.6) is 0 Å². The zero-order valence-electron chi connectivity index (χ0n) is 11.6. The highest BCUT2D eigenvalue weighted by molar-refractivity contribution is 5.93. The van der Waals surface area contributed by atoms with Crippen LogP contribution in [0.1, 0.15) is 42.6 Å². The molecule has 2 rings (SSSR count). The van der Waals surface area contributed by atoms with Crippen molar-refractivity contribution in [2.24, 2.45) is 7.05 Å². The lowest BCUT2D eigenvalue weighted by Gasteiger charge is -2.22. The van der Waals surface area contributed by atoms with Gasteiger partial charge in [0.1, 0.15) is 19.8 Å². The first-order valence-corrected chi connectivity index (χ1v) is 6.73. The Kier molecular flexibility index (Phi) is 4.07. The van der Waals surface area contributed by atoms with Gasteiger partial charge in [-0.2, -0.15) is 0 Å². The SMILES string of the molecule is Cn1c(C(=O)NC2CCCCC2)ccc1[N+](C)C. The molecule has 1 aliphatic rings. The Morgan fingerprint density at radius 1 is 1.28 bits per heavy atom. The number of nitrogens with one attached hydrogen (secondary N) is 1. The van der Waals surface area contributed by atoms with Crippen molar-refractivity contribution >= 4 is 11.7 Å². The van der Waals surface area contributed by atoms with Crippen molar-refractivity contribution in [3.8, 4) is 0 Å². The van der Waals surface area contributed by atoms with Crippen LogP contribution in [0.15, 0.2) is 12.1 Å². The van der Waals surface area contributed by atoms with Gasteiger partial charge >= 0.3 is 0 Å². The fourth-order valence-electron chi connectivity index (χ4n) is 2.68. The van der Waals surface area contributed by atoms with Crippen LogP contribution in [0.25, 0.3) is 0 Å². The summed E-state index contributed by atoms with van der Waals surface area (Å²) >= 11 is 0. The smallest absolute Gasteiger partial charge is 0.268 e. The van der Waals surface area contributed by atoms with Crippen LogP contribution in [0.4, 0.5) is 5.82 Å². The van der Waals surface area contributed by atoms with Gasteiger partial charge < -0.3 is 5.32 Å². The third-order valence-corrected chi connectivity index (χ3v) is 3.73. The Morgan fingerprint density at radius 3 is 2.50 bits per heavy atom. The second-order valence-electron chi connectivity index (χ2n) is 5.34. The van der Waals surface area contributed by atoms with E-state index >= 15 is 0 Å². The Bertz CT molecular complexity index is 417. The molecule has 0 atom stereocenters. The van der Waals surface area contributed by atoms with Gasteiger partial charge in [-0.15, -0.1) is 4.90 Å². The Balaban J connectivity index is 2.04. The highest BCUT2D eigenvalue weighted by atomic mass is 16.2. The molecule has 1 aromatic rings. The number of anilines is 1. The van der Waals surface area contributed by atoms with E-state index < -0.39 is 0 Å². The summed E-state index contributed by atoms with van der Waals surface area (Å²) < 4.78 is 1.94. The molecule has 1 heterocycles. The standard InChI is InChI=1S/C14H23N3O/c1-16(2)13-10-9-12(17(13)3)14(18)15-11-7-5-4-6-8-11/h9-11H,4-8H2,1-3H3,(H,15,18)/q+1. The second kappa shape index (κ2) is 5.57. The van der Waals surface area contributed by atoms with Crippen molar-refractivity contribution < 1.29 is 4.79 Å². The molecule has 1 amide bonds. The maximum Gasteiger partial charge on any atom is 0.268 e. The molecule has 99 valence electrons. The molecule has 1 saturated carbocycles. The molecule has 1 radical (unpaired) electrons. The molecule has 1 N–H and O–H groups in total. The van der Waals surface area contributed by atoms with E-state index in [4.69, 9.17) is 0 Å². The summed E-state index contributed by atoms with van der Waals surface area (Å²) in [7, 11) is 5.90. The molecule has 4 nitrogen and oxygen atoms in total. The van der Waals surface area contributed by atoms with Crippen LogP contribution in [0.3, 0.4) is 0 Å². The summed E-state index contributed by atoms with van der Waals surface area (Å²) in [5.74, 6) is 1.10. The first-order valence-electron chi connectivity index (χ1n) is 6.73. The number of hydrogen-bond donors (Lipinski definition) is 1. The molecule has 0 saturated heterocycles. The molecule has 1 aliphatic carbocycles. The van der Waals surface area contributed by atoms with Gasteiger partial charge in [-0.05, 0) is 18.9 Å². The number of amides is 1. The zero-order valence-corrected chi connectivity index (χ0v) is 11.6. The number of carbonyl (C=O) groups excluding carboxylic acids is 1. The Morgan fingerprint density at radius 2 is 1.94 bits per heavy atom. The van der Waals surface area contributed by atoms with E-state index in [1.54, 1.807) is 0 Å². The van der Waals surface area contributed by atoms with Crippen molar-refractivity contribution in [1.82, 2.24) is 14.8 Å². The minimum absolute atomic E-state index is 0.0532. The summed E-state index contributed by atoms with van der Waals surface area (Å²) in [5.41, 5.74) is 0.740. The largest absolute Gasteiger partial charge is 0.348 e. The normalized spacial score (nSPS) is 17.1. The minimum Gasteiger partial charge on any atom is -0.348 e. The molecule has 0 spiro atoms. The summed E-state index contributed by atoms with van der Waals surface area (Å²) in [6, 6.07) is 4.24. The van der Waals surface area contributed by atoms with Crippen LogP contribution in [-0.4, -0.2) is 30.6 Å². The first kappa shape index (κ1) is 13.1. The van der Waals surface area contributed by atoms with E-state index in [0.29, 0.717) is 6.04 Å². The predicted octanol–water partition coefficient (Wildman–Crippen LogP) is 2.12. The van der Waals surface area contributed by atoms with Crippen LogP contribution in [0, 0.1) is 0 Å². The van der Waals surface area contributed by atoms with Crippen LogP contribution in [-0.2, 0) is 7.05 Å². The lowest BCUT2D eigenvalue weighted by molar-refractivity contribution is 0.0919. The maximum atomic E-state index is 12.2.